The third-order valence-corrected chi connectivity index (χ3v) is 3.04. The number of nitrogens with zero attached hydrogens (tertiary/aromatic N) is 3. The van der Waals surface area contributed by atoms with Gasteiger partial charge in [0.15, 0.2) is 6.10 Å². The van der Waals surface area contributed by atoms with E-state index in [1.807, 2.05) is 31.7 Å². The highest BCUT2D eigenvalue weighted by atomic mass is 16.5. The molecule has 0 bridgehead atoms. The molecule has 1 saturated heterocycles. The minimum Gasteiger partial charge on any atom is -0.479 e. The Morgan fingerprint density at radius 2 is 2.26 bits per heavy atom. The standard InChI is InChI=1S/C13H19N3O3/c1-8(2)12-14-9(3)6-11(15-12)16-4-5-19-10(7-16)13(17)18/h6,8,10H,4-5,7H2,1-3H3,(H,17,18). The van der Waals surface area contributed by atoms with Crippen LogP contribution in [0.25, 0.3) is 0 Å². The number of aryl methyl sites for hydroxylation is 1. The number of hydrogen-bond acceptors (Lipinski definition) is 5. The quantitative estimate of drug-likeness (QED) is 0.885. The summed E-state index contributed by atoms with van der Waals surface area (Å²) in [5.74, 6) is 0.883. The topological polar surface area (TPSA) is 75.5 Å². The lowest BCUT2D eigenvalue weighted by Crippen LogP contribution is -2.46. The van der Waals surface area contributed by atoms with Gasteiger partial charge in [-0.3, -0.25) is 0 Å². The van der Waals surface area contributed by atoms with Crippen molar-refractivity contribution in [1.29, 1.82) is 0 Å². The number of ether oxygens (including phenoxy) is 1. The van der Waals surface area contributed by atoms with Gasteiger partial charge in [-0.15, -0.1) is 0 Å². The van der Waals surface area contributed by atoms with Gasteiger partial charge in [0.2, 0.25) is 0 Å². The third kappa shape index (κ3) is 3.20. The Hall–Kier alpha value is -1.69. The van der Waals surface area contributed by atoms with Crippen LogP contribution < -0.4 is 4.90 Å². The summed E-state index contributed by atoms with van der Waals surface area (Å²) >= 11 is 0. The molecule has 6 nitrogen and oxygen atoms in total. The van der Waals surface area contributed by atoms with E-state index in [0.29, 0.717) is 19.7 Å². The van der Waals surface area contributed by atoms with Crippen LogP contribution in [0, 0.1) is 6.92 Å². The molecule has 1 aliphatic heterocycles. The van der Waals surface area contributed by atoms with Crippen molar-refractivity contribution in [2.24, 2.45) is 0 Å². The normalized spacial score (nSPS) is 19.8. The fraction of sp³-hybridized carbons (Fsp3) is 0.615. The average molecular weight is 265 g/mol. The van der Waals surface area contributed by atoms with Crippen molar-refractivity contribution < 1.29 is 14.6 Å². The van der Waals surface area contributed by atoms with Crippen molar-refractivity contribution in [3.05, 3.63) is 17.6 Å². The van der Waals surface area contributed by atoms with Crippen molar-refractivity contribution in [2.75, 3.05) is 24.6 Å². The highest BCUT2D eigenvalue weighted by Gasteiger charge is 2.27. The molecule has 0 aromatic carbocycles. The molecule has 0 radical (unpaired) electrons. The molecule has 104 valence electrons. The van der Waals surface area contributed by atoms with Crippen LogP contribution in [0.4, 0.5) is 5.82 Å². The molecule has 2 rings (SSSR count). The van der Waals surface area contributed by atoms with Crippen molar-refractivity contribution in [1.82, 2.24) is 9.97 Å². The second kappa shape index (κ2) is 5.52. The van der Waals surface area contributed by atoms with Crippen molar-refractivity contribution in [2.45, 2.75) is 32.8 Å². The van der Waals surface area contributed by atoms with Crippen LogP contribution in [0.1, 0.15) is 31.3 Å². The maximum Gasteiger partial charge on any atom is 0.334 e. The van der Waals surface area contributed by atoms with Crippen molar-refractivity contribution >= 4 is 11.8 Å². The van der Waals surface area contributed by atoms with Gasteiger partial charge in [-0.2, -0.15) is 0 Å². The van der Waals surface area contributed by atoms with E-state index in [1.165, 1.54) is 0 Å². The van der Waals surface area contributed by atoms with Crippen LogP contribution in [0.3, 0.4) is 0 Å². The Bertz CT molecular complexity index is 476. The molecule has 1 atom stereocenters. The number of carbonyl (C=O) groups is 1. The molecule has 6 heteroatoms. The fourth-order valence-electron chi connectivity index (χ4n) is 2.00. The summed E-state index contributed by atoms with van der Waals surface area (Å²) < 4.78 is 5.21. The van der Waals surface area contributed by atoms with Gasteiger partial charge in [-0.25, -0.2) is 14.8 Å². The first-order chi connectivity index (χ1) is 8.97. The summed E-state index contributed by atoms with van der Waals surface area (Å²) in [4.78, 5) is 21.9. The number of morpholine rings is 1. The number of aromatic nitrogens is 2. The summed E-state index contributed by atoms with van der Waals surface area (Å²) in [7, 11) is 0. The Balaban J connectivity index is 2.23. The van der Waals surface area contributed by atoms with Gasteiger partial charge in [0.1, 0.15) is 11.6 Å². The van der Waals surface area contributed by atoms with E-state index in [9.17, 15) is 4.79 Å². The van der Waals surface area contributed by atoms with E-state index >= 15 is 0 Å². The van der Waals surface area contributed by atoms with Gasteiger partial charge in [0.05, 0.1) is 13.2 Å². The average Bonchev–Trinajstić information content (AvgIpc) is 2.38. The molecule has 0 saturated carbocycles. The highest BCUT2D eigenvalue weighted by molar-refractivity contribution is 5.73. The molecular formula is C13H19N3O3. The molecular weight excluding hydrogens is 246 g/mol. The Kier molecular flexibility index (Phi) is 3.99. The highest BCUT2D eigenvalue weighted by Crippen LogP contribution is 2.19. The summed E-state index contributed by atoms with van der Waals surface area (Å²) in [6, 6.07) is 1.89. The van der Waals surface area contributed by atoms with Crippen LogP contribution in [-0.2, 0) is 9.53 Å². The maximum absolute atomic E-state index is 11.0. The first-order valence-corrected chi connectivity index (χ1v) is 6.42. The summed E-state index contributed by atoms with van der Waals surface area (Å²) in [5, 5.41) is 9.02. The van der Waals surface area contributed by atoms with E-state index < -0.39 is 12.1 Å². The minimum absolute atomic E-state index is 0.245. The van der Waals surface area contributed by atoms with Crippen LogP contribution in [0.15, 0.2) is 6.07 Å². The molecule has 1 unspecified atom stereocenters. The van der Waals surface area contributed by atoms with Gasteiger partial charge >= 0.3 is 5.97 Å². The van der Waals surface area contributed by atoms with E-state index in [0.717, 1.165) is 17.3 Å². The number of carboxylic acid groups (broad SMARTS) is 1. The second-order valence-electron chi connectivity index (χ2n) is 5.02. The molecule has 19 heavy (non-hydrogen) atoms. The number of aliphatic carboxylic acids is 1. The van der Waals surface area contributed by atoms with Crippen molar-refractivity contribution in [3.8, 4) is 0 Å². The van der Waals surface area contributed by atoms with Crippen LogP contribution in [-0.4, -0.2) is 46.8 Å². The number of carboxylic acids is 1. The van der Waals surface area contributed by atoms with E-state index in [1.54, 1.807) is 0 Å². The van der Waals surface area contributed by atoms with Gasteiger partial charge in [0.25, 0.3) is 0 Å². The van der Waals surface area contributed by atoms with Crippen LogP contribution in [0.2, 0.25) is 0 Å². The molecule has 0 amide bonds. The number of hydrogen-bond donors (Lipinski definition) is 1. The zero-order valence-corrected chi connectivity index (χ0v) is 11.5. The van der Waals surface area contributed by atoms with E-state index in [4.69, 9.17) is 9.84 Å². The molecule has 0 spiro atoms. The molecule has 1 aromatic rings. The molecule has 1 fully saturated rings. The second-order valence-corrected chi connectivity index (χ2v) is 5.02. The smallest absolute Gasteiger partial charge is 0.334 e. The minimum atomic E-state index is -0.931. The molecule has 2 heterocycles. The Morgan fingerprint density at radius 1 is 1.53 bits per heavy atom. The Labute approximate surface area is 112 Å². The molecule has 1 aromatic heterocycles. The molecule has 1 N–H and O–H groups in total. The van der Waals surface area contributed by atoms with Gasteiger partial charge in [-0.05, 0) is 6.92 Å². The van der Waals surface area contributed by atoms with Gasteiger partial charge < -0.3 is 14.7 Å². The fourth-order valence-corrected chi connectivity index (χ4v) is 2.00. The zero-order chi connectivity index (χ0) is 14.0. The molecule has 0 aliphatic carbocycles. The van der Waals surface area contributed by atoms with E-state index in [2.05, 4.69) is 9.97 Å². The predicted octanol–water partition coefficient (Wildman–Crippen LogP) is 1.20. The first kappa shape index (κ1) is 13.7. The lowest BCUT2D eigenvalue weighted by atomic mass is 10.2. The molecule has 1 aliphatic rings. The summed E-state index contributed by atoms with van der Waals surface area (Å²) in [6.45, 7) is 7.38. The van der Waals surface area contributed by atoms with Crippen LogP contribution in [0.5, 0.6) is 0 Å². The van der Waals surface area contributed by atoms with Crippen molar-refractivity contribution in [3.63, 3.8) is 0 Å². The van der Waals surface area contributed by atoms with E-state index in [-0.39, 0.29) is 5.92 Å². The number of rotatable bonds is 3. The first-order valence-electron chi connectivity index (χ1n) is 6.42. The lowest BCUT2D eigenvalue weighted by Gasteiger charge is -2.32. The summed E-state index contributed by atoms with van der Waals surface area (Å²) in [5.41, 5.74) is 0.895. The predicted molar refractivity (Wildman–Crippen MR) is 70.4 cm³/mol. The maximum atomic E-state index is 11.0. The lowest BCUT2D eigenvalue weighted by molar-refractivity contribution is -0.150. The third-order valence-electron chi connectivity index (χ3n) is 3.04. The zero-order valence-electron chi connectivity index (χ0n) is 11.5. The van der Waals surface area contributed by atoms with Crippen LogP contribution >= 0.6 is 0 Å². The Morgan fingerprint density at radius 3 is 2.89 bits per heavy atom. The largest absolute Gasteiger partial charge is 0.479 e. The SMILES string of the molecule is Cc1cc(N2CCOC(C(=O)O)C2)nc(C(C)C)n1. The summed E-state index contributed by atoms with van der Waals surface area (Å²) in [6.07, 6.45) is -0.786. The number of anilines is 1. The van der Waals surface area contributed by atoms with Gasteiger partial charge in [-0.1, -0.05) is 13.8 Å². The van der Waals surface area contributed by atoms with Gasteiger partial charge in [0, 0.05) is 24.2 Å². The monoisotopic (exact) mass is 265 g/mol.